The van der Waals surface area contributed by atoms with Gasteiger partial charge in [-0.1, -0.05) is 0 Å². The number of nitrogens with zero attached hydrogens (tertiary/aromatic N) is 1. The van der Waals surface area contributed by atoms with E-state index in [0.717, 1.165) is 17.6 Å². The molecular formula is C7H17NO+. The monoisotopic (exact) mass is 131 g/mol. The highest BCUT2D eigenvalue weighted by molar-refractivity contribution is 4.31. The third-order valence-corrected chi connectivity index (χ3v) is 1.05. The van der Waals surface area contributed by atoms with E-state index in [1.165, 1.54) is 0 Å². The molecule has 0 unspecified atom stereocenters. The number of ether oxygens (including phenoxy) is 1. The van der Waals surface area contributed by atoms with Gasteiger partial charge in [0.05, 0.1) is 27.7 Å². The summed E-state index contributed by atoms with van der Waals surface area (Å²) < 4.78 is 6.04. The van der Waals surface area contributed by atoms with E-state index in [9.17, 15) is 0 Å². The fraction of sp³-hybridized carbons (Fsp3) is 0.857. The number of hydrogen-bond donors (Lipinski definition) is 0. The first kappa shape index (κ1) is 8.92. The molecule has 0 N–H and O–H groups in total. The first-order valence-corrected chi connectivity index (χ1v) is 3.24. The van der Waals surface area contributed by atoms with Crippen molar-refractivity contribution in [2.75, 3.05) is 40.9 Å². The molecule has 0 bridgehead atoms. The summed E-state index contributed by atoms with van der Waals surface area (Å²) in [6.45, 7) is 6.02. The lowest BCUT2D eigenvalue weighted by Gasteiger charge is -2.23. The van der Waals surface area contributed by atoms with Gasteiger partial charge in [-0.2, -0.15) is 0 Å². The van der Waals surface area contributed by atoms with Crippen LogP contribution in [0.5, 0.6) is 0 Å². The molecule has 0 saturated carbocycles. The number of quaternary nitrogens is 1. The number of likely N-dealkylation sites (N-methyl/N-ethyl adjacent to an activating group) is 1. The molecule has 0 atom stereocenters. The van der Waals surface area contributed by atoms with Gasteiger partial charge in [-0.25, -0.2) is 0 Å². The maximum atomic E-state index is 5.08. The van der Waals surface area contributed by atoms with Gasteiger partial charge in [0, 0.05) is 6.61 Å². The average molecular weight is 131 g/mol. The van der Waals surface area contributed by atoms with Crippen LogP contribution in [0.15, 0.2) is 0 Å². The lowest BCUT2D eigenvalue weighted by Crippen LogP contribution is -2.37. The SMILES string of the molecule is [CH2]COCC[N+](C)(C)C. The van der Waals surface area contributed by atoms with Gasteiger partial charge in [0.15, 0.2) is 0 Å². The largest absolute Gasteiger partial charge is 0.376 e. The van der Waals surface area contributed by atoms with E-state index in [2.05, 4.69) is 28.1 Å². The fourth-order valence-corrected chi connectivity index (χ4v) is 0.440. The standard InChI is InChI=1S/C7H17NO/c1-5-9-7-6-8(2,3)4/h1,5-7H2,2-4H3/q+1. The van der Waals surface area contributed by atoms with Crippen LogP contribution in [0.4, 0.5) is 0 Å². The first-order valence-electron chi connectivity index (χ1n) is 3.24. The Labute approximate surface area is 58.0 Å². The highest BCUT2D eigenvalue weighted by atomic mass is 16.5. The lowest BCUT2D eigenvalue weighted by atomic mass is 10.5. The molecule has 0 aromatic heterocycles. The van der Waals surface area contributed by atoms with Crippen LogP contribution in [-0.2, 0) is 4.74 Å². The van der Waals surface area contributed by atoms with E-state index in [-0.39, 0.29) is 0 Å². The summed E-state index contributed by atoms with van der Waals surface area (Å²) in [5, 5.41) is 0. The predicted molar refractivity (Wildman–Crippen MR) is 39.1 cm³/mol. The van der Waals surface area contributed by atoms with Crippen molar-refractivity contribution >= 4 is 0 Å². The summed E-state index contributed by atoms with van der Waals surface area (Å²) in [6.07, 6.45) is 0. The van der Waals surface area contributed by atoms with E-state index < -0.39 is 0 Å². The second kappa shape index (κ2) is 3.85. The molecule has 0 fully saturated rings. The molecule has 0 aliphatic carbocycles. The number of hydrogen-bond acceptors (Lipinski definition) is 1. The van der Waals surface area contributed by atoms with E-state index >= 15 is 0 Å². The Morgan fingerprint density at radius 3 is 2.22 bits per heavy atom. The highest BCUT2D eigenvalue weighted by Gasteiger charge is 2.04. The maximum absolute atomic E-state index is 5.08. The normalized spacial score (nSPS) is 12.0. The van der Waals surface area contributed by atoms with Crippen molar-refractivity contribution in [2.24, 2.45) is 0 Å². The van der Waals surface area contributed by atoms with Crippen LogP contribution in [-0.4, -0.2) is 45.4 Å². The molecule has 0 aromatic rings. The Hall–Kier alpha value is -0.0800. The molecule has 0 aliphatic rings. The molecule has 0 amide bonds. The van der Waals surface area contributed by atoms with Crippen molar-refractivity contribution in [3.63, 3.8) is 0 Å². The predicted octanol–water partition coefficient (Wildman–Crippen LogP) is 0.543. The van der Waals surface area contributed by atoms with E-state index in [0.29, 0.717) is 6.61 Å². The second-order valence-corrected chi connectivity index (χ2v) is 3.13. The Bertz CT molecular complexity index is 65.8. The van der Waals surface area contributed by atoms with Crippen molar-refractivity contribution in [3.8, 4) is 0 Å². The smallest absolute Gasteiger partial charge is 0.102 e. The third-order valence-electron chi connectivity index (χ3n) is 1.05. The minimum absolute atomic E-state index is 0.583. The van der Waals surface area contributed by atoms with Gasteiger partial charge < -0.3 is 9.22 Å². The Morgan fingerprint density at radius 2 is 1.89 bits per heavy atom. The van der Waals surface area contributed by atoms with Crippen molar-refractivity contribution in [1.29, 1.82) is 0 Å². The molecule has 2 heteroatoms. The van der Waals surface area contributed by atoms with Gasteiger partial charge in [-0.3, -0.25) is 0 Å². The Morgan fingerprint density at radius 1 is 1.33 bits per heavy atom. The van der Waals surface area contributed by atoms with Gasteiger partial charge in [0.1, 0.15) is 6.54 Å². The van der Waals surface area contributed by atoms with Crippen molar-refractivity contribution in [1.82, 2.24) is 0 Å². The topological polar surface area (TPSA) is 9.23 Å². The molecule has 55 valence electrons. The zero-order valence-corrected chi connectivity index (χ0v) is 6.68. The molecule has 9 heavy (non-hydrogen) atoms. The molecule has 2 nitrogen and oxygen atoms in total. The summed E-state index contributed by atoms with van der Waals surface area (Å²) in [4.78, 5) is 0. The molecular weight excluding hydrogens is 114 g/mol. The van der Waals surface area contributed by atoms with Gasteiger partial charge in [0.2, 0.25) is 0 Å². The Kier molecular flexibility index (Phi) is 3.82. The van der Waals surface area contributed by atoms with Gasteiger partial charge in [-0.15, -0.1) is 0 Å². The fourth-order valence-electron chi connectivity index (χ4n) is 0.440. The van der Waals surface area contributed by atoms with Crippen molar-refractivity contribution in [2.45, 2.75) is 0 Å². The van der Waals surface area contributed by atoms with Crippen molar-refractivity contribution < 1.29 is 9.22 Å². The van der Waals surface area contributed by atoms with Crippen LogP contribution in [0.25, 0.3) is 0 Å². The Balaban J connectivity index is 3.07. The van der Waals surface area contributed by atoms with Crippen LogP contribution in [0.3, 0.4) is 0 Å². The van der Waals surface area contributed by atoms with Gasteiger partial charge in [-0.05, 0) is 6.92 Å². The van der Waals surface area contributed by atoms with Crippen LogP contribution in [0.2, 0.25) is 0 Å². The summed E-state index contributed by atoms with van der Waals surface area (Å²) in [6, 6.07) is 0. The van der Waals surface area contributed by atoms with Crippen LogP contribution >= 0.6 is 0 Å². The molecule has 1 radical (unpaired) electrons. The minimum atomic E-state index is 0.583. The van der Waals surface area contributed by atoms with Crippen molar-refractivity contribution in [3.05, 3.63) is 6.92 Å². The second-order valence-electron chi connectivity index (χ2n) is 3.13. The zero-order chi connectivity index (χ0) is 7.33. The molecule has 0 aliphatic heterocycles. The number of rotatable bonds is 4. The summed E-state index contributed by atoms with van der Waals surface area (Å²) in [7, 11) is 6.44. The van der Waals surface area contributed by atoms with Crippen LogP contribution in [0.1, 0.15) is 0 Å². The lowest BCUT2D eigenvalue weighted by molar-refractivity contribution is -0.870. The minimum Gasteiger partial charge on any atom is -0.376 e. The van der Waals surface area contributed by atoms with E-state index in [1.807, 2.05) is 0 Å². The van der Waals surface area contributed by atoms with Crippen LogP contribution < -0.4 is 0 Å². The molecule has 0 saturated heterocycles. The highest BCUT2D eigenvalue weighted by Crippen LogP contribution is 1.88. The van der Waals surface area contributed by atoms with Gasteiger partial charge >= 0.3 is 0 Å². The third kappa shape index (κ3) is 7.92. The zero-order valence-electron chi connectivity index (χ0n) is 6.68. The average Bonchev–Trinajstić information content (AvgIpc) is 1.63. The molecule has 0 rings (SSSR count). The summed E-state index contributed by atoms with van der Waals surface area (Å²) in [5.74, 6) is 0. The molecule has 0 aromatic carbocycles. The maximum Gasteiger partial charge on any atom is 0.102 e. The first-order chi connectivity index (χ1) is 4.06. The van der Waals surface area contributed by atoms with Gasteiger partial charge in [0.25, 0.3) is 0 Å². The van der Waals surface area contributed by atoms with E-state index in [1.54, 1.807) is 0 Å². The quantitative estimate of drug-likeness (QED) is 0.400. The van der Waals surface area contributed by atoms with E-state index in [4.69, 9.17) is 4.74 Å². The van der Waals surface area contributed by atoms with Crippen LogP contribution in [0, 0.1) is 6.92 Å². The molecule has 0 heterocycles. The molecule has 0 spiro atoms. The summed E-state index contributed by atoms with van der Waals surface area (Å²) >= 11 is 0. The summed E-state index contributed by atoms with van der Waals surface area (Å²) in [5.41, 5.74) is 0.